The van der Waals surface area contributed by atoms with Gasteiger partial charge in [-0.2, -0.15) is 0 Å². The summed E-state index contributed by atoms with van der Waals surface area (Å²) < 4.78 is 32.6. The van der Waals surface area contributed by atoms with E-state index in [9.17, 15) is 8.78 Å². The molecule has 0 spiro atoms. The van der Waals surface area contributed by atoms with Crippen molar-refractivity contribution in [2.75, 3.05) is 12.4 Å². The minimum atomic E-state index is -0.550. The Morgan fingerprint density at radius 3 is 2.57 bits per heavy atom. The molecule has 0 aromatic heterocycles. The molecule has 1 aliphatic rings. The molecule has 2 aromatic rings. The highest BCUT2D eigenvalue weighted by atomic mass is 19.1. The fourth-order valence-corrected chi connectivity index (χ4v) is 2.82. The third kappa shape index (κ3) is 2.84. The molecule has 1 atom stereocenters. The van der Waals surface area contributed by atoms with E-state index in [1.807, 2.05) is 12.1 Å². The number of aryl methyl sites for hydroxylation is 1. The molecule has 1 N–H and O–H groups in total. The molecular formula is C17H17F2NO. The predicted octanol–water partition coefficient (Wildman–Crippen LogP) is 3.94. The highest BCUT2D eigenvalue weighted by Gasteiger charge is 2.21. The van der Waals surface area contributed by atoms with Crippen molar-refractivity contribution in [3.8, 4) is 5.75 Å². The summed E-state index contributed by atoms with van der Waals surface area (Å²) in [5.41, 5.74) is 2.42. The molecule has 110 valence electrons. The van der Waals surface area contributed by atoms with Crippen LogP contribution in [0.1, 0.15) is 17.5 Å². The van der Waals surface area contributed by atoms with Crippen molar-refractivity contribution < 1.29 is 13.5 Å². The van der Waals surface area contributed by atoms with Gasteiger partial charge in [0.05, 0.1) is 7.11 Å². The van der Waals surface area contributed by atoms with Crippen molar-refractivity contribution in [3.63, 3.8) is 0 Å². The molecule has 0 radical (unpaired) electrons. The topological polar surface area (TPSA) is 21.3 Å². The lowest BCUT2D eigenvalue weighted by Gasteiger charge is -2.27. The molecule has 0 aliphatic heterocycles. The Hall–Kier alpha value is -2.10. The fraction of sp³-hybridized carbons (Fsp3) is 0.294. The number of fused-ring (bicyclic) bond motifs is 1. The maximum Gasteiger partial charge on any atom is 0.149 e. The maximum atomic E-state index is 13.7. The largest absolute Gasteiger partial charge is 0.497 e. The number of rotatable bonds is 3. The summed E-state index contributed by atoms with van der Waals surface area (Å²) in [5, 5.41) is 3.00. The van der Waals surface area contributed by atoms with Crippen LogP contribution < -0.4 is 10.1 Å². The summed E-state index contributed by atoms with van der Waals surface area (Å²) in [5.74, 6) is -0.288. The van der Waals surface area contributed by atoms with Crippen LogP contribution in [0.3, 0.4) is 0 Å². The van der Waals surface area contributed by atoms with Gasteiger partial charge in [-0.25, -0.2) is 8.78 Å². The molecule has 0 saturated carbocycles. The summed E-state index contributed by atoms with van der Waals surface area (Å²) in [6.07, 6.45) is 2.49. The molecule has 4 heteroatoms. The zero-order valence-electron chi connectivity index (χ0n) is 11.8. The number of halogens is 2. The fourth-order valence-electron chi connectivity index (χ4n) is 2.82. The van der Waals surface area contributed by atoms with E-state index in [0.29, 0.717) is 0 Å². The van der Waals surface area contributed by atoms with E-state index in [4.69, 9.17) is 4.74 Å². The minimum Gasteiger partial charge on any atom is -0.497 e. The van der Waals surface area contributed by atoms with Gasteiger partial charge >= 0.3 is 0 Å². The zero-order valence-corrected chi connectivity index (χ0v) is 11.8. The normalized spacial score (nSPS) is 17.2. The zero-order chi connectivity index (χ0) is 14.8. The van der Waals surface area contributed by atoms with E-state index in [-0.39, 0.29) is 11.7 Å². The molecule has 3 rings (SSSR count). The minimum absolute atomic E-state index is 0.0241. The van der Waals surface area contributed by atoms with E-state index in [1.165, 1.54) is 29.3 Å². The quantitative estimate of drug-likeness (QED) is 0.924. The smallest absolute Gasteiger partial charge is 0.149 e. The van der Waals surface area contributed by atoms with Gasteiger partial charge in [0.2, 0.25) is 0 Å². The Morgan fingerprint density at radius 2 is 1.86 bits per heavy atom. The van der Waals surface area contributed by atoms with Gasteiger partial charge in [0, 0.05) is 6.04 Å². The first kappa shape index (κ1) is 13.9. The number of hydrogen-bond donors (Lipinski definition) is 1. The Morgan fingerprint density at radius 1 is 1.10 bits per heavy atom. The van der Waals surface area contributed by atoms with E-state index >= 15 is 0 Å². The molecule has 0 saturated heterocycles. The lowest BCUT2D eigenvalue weighted by Crippen LogP contribution is -2.28. The van der Waals surface area contributed by atoms with Crippen LogP contribution in [-0.4, -0.2) is 13.2 Å². The van der Waals surface area contributed by atoms with Crippen molar-refractivity contribution in [2.45, 2.75) is 25.3 Å². The number of methoxy groups -OCH3 is 1. The molecule has 1 aliphatic carbocycles. The highest BCUT2D eigenvalue weighted by molar-refractivity contribution is 5.48. The number of benzene rings is 2. The van der Waals surface area contributed by atoms with Gasteiger partial charge in [0.15, 0.2) is 0 Å². The molecular weight excluding hydrogens is 272 g/mol. The van der Waals surface area contributed by atoms with E-state index in [1.54, 1.807) is 7.11 Å². The number of ether oxygens (including phenoxy) is 1. The van der Waals surface area contributed by atoms with Crippen molar-refractivity contribution >= 4 is 5.69 Å². The summed E-state index contributed by atoms with van der Waals surface area (Å²) in [6.45, 7) is 0. The number of nitrogens with one attached hydrogen (secondary N) is 1. The monoisotopic (exact) mass is 289 g/mol. The van der Waals surface area contributed by atoms with Crippen LogP contribution in [0, 0.1) is 11.6 Å². The van der Waals surface area contributed by atoms with Crippen LogP contribution in [0.2, 0.25) is 0 Å². The molecule has 0 heterocycles. The molecule has 0 bridgehead atoms. The number of anilines is 1. The highest BCUT2D eigenvalue weighted by Crippen LogP contribution is 2.28. The average molecular weight is 289 g/mol. The van der Waals surface area contributed by atoms with Crippen LogP contribution in [0.15, 0.2) is 36.4 Å². The lowest BCUT2D eigenvalue weighted by molar-refractivity contribution is 0.413. The van der Waals surface area contributed by atoms with Crippen LogP contribution in [-0.2, 0) is 12.8 Å². The summed E-state index contributed by atoms with van der Waals surface area (Å²) >= 11 is 0. The molecule has 0 fully saturated rings. The second kappa shape index (κ2) is 5.72. The maximum absolute atomic E-state index is 13.7. The third-order valence-corrected chi connectivity index (χ3v) is 3.95. The SMILES string of the molecule is COc1ccc2c(c1)CC(Nc1c(F)cccc1F)CC2. The van der Waals surface area contributed by atoms with Crippen molar-refractivity contribution in [2.24, 2.45) is 0 Å². The molecule has 21 heavy (non-hydrogen) atoms. The third-order valence-electron chi connectivity index (χ3n) is 3.95. The van der Waals surface area contributed by atoms with Gasteiger partial charge in [-0.1, -0.05) is 12.1 Å². The Balaban J connectivity index is 1.80. The van der Waals surface area contributed by atoms with Gasteiger partial charge in [-0.05, 0) is 54.7 Å². The van der Waals surface area contributed by atoms with Crippen LogP contribution in [0.25, 0.3) is 0 Å². The molecule has 0 amide bonds. The van der Waals surface area contributed by atoms with E-state index in [2.05, 4.69) is 11.4 Å². The van der Waals surface area contributed by atoms with E-state index < -0.39 is 11.6 Å². The molecule has 2 aromatic carbocycles. The number of hydrogen-bond acceptors (Lipinski definition) is 2. The summed E-state index contributed by atoms with van der Waals surface area (Å²) in [4.78, 5) is 0. The summed E-state index contributed by atoms with van der Waals surface area (Å²) in [6, 6.07) is 9.95. The molecule has 2 nitrogen and oxygen atoms in total. The van der Waals surface area contributed by atoms with Gasteiger partial charge in [0.25, 0.3) is 0 Å². The van der Waals surface area contributed by atoms with Crippen LogP contribution in [0.4, 0.5) is 14.5 Å². The van der Waals surface area contributed by atoms with Gasteiger partial charge in [0.1, 0.15) is 23.1 Å². The lowest BCUT2D eigenvalue weighted by atomic mass is 9.88. The Labute approximate surface area is 122 Å². The van der Waals surface area contributed by atoms with Crippen LogP contribution in [0.5, 0.6) is 5.75 Å². The predicted molar refractivity (Wildman–Crippen MR) is 78.8 cm³/mol. The Bertz CT molecular complexity index is 637. The van der Waals surface area contributed by atoms with Crippen molar-refractivity contribution in [3.05, 3.63) is 59.2 Å². The first-order valence-corrected chi connectivity index (χ1v) is 7.03. The van der Waals surface area contributed by atoms with Crippen molar-refractivity contribution in [1.82, 2.24) is 0 Å². The second-order valence-electron chi connectivity index (χ2n) is 5.32. The van der Waals surface area contributed by atoms with Gasteiger partial charge in [-0.15, -0.1) is 0 Å². The second-order valence-corrected chi connectivity index (χ2v) is 5.32. The first-order valence-electron chi connectivity index (χ1n) is 7.03. The van der Waals surface area contributed by atoms with Crippen molar-refractivity contribution in [1.29, 1.82) is 0 Å². The standard InChI is InChI=1S/C17H17F2NO/c1-21-14-8-6-11-5-7-13(9-12(11)10-14)20-17-15(18)3-2-4-16(17)19/h2-4,6,8,10,13,20H,5,7,9H2,1H3. The summed E-state index contributed by atoms with van der Waals surface area (Å²) in [7, 11) is 1.63. The molecule has 1 unspecified atom stereocenters. The average Bonchev–Trinajstić information content (AvgIpc) is 2.50. The first-order chi connectivity index (χ1) is 10.2. The number of para-hydroxylation sites is 1. The van der Waals surface area contributed by atoms with E-state index in [0.717, 1.165) is 25.0 Å². The van der Waals surface area contributed by atoms with Crippen LogP contribution >= 0.6 is 0 Å². The van der Waals surface area contributed by atoms with Gasteiger partial charge in [-0.3, -0.25) is 0 Å². The van der Waals surface area contributed by atoms with Gasteiger partial charge < -0.3 is 10.1 Å². The Kier molecular flexibility index (Phi) is 3.78.